The van der Waals surface area contributed by atoms with Crippen LogP contribution in [0.5, 0.6) is 0 Å². The Morgan fingerprint density at radius 2 is 1.79 bits per heavy atom. The minimum atomic E-state index is -0.784. The van der Waals surface area contributed by atoms with Crippen molar-refractivity contribution >= 4 is 10.8 Å². The first-order valence-electron chi connectivity index (χ1n) is 6.32. The molecule has 1 aliphatic rings. The molecule has 4 nitrogen and oxygen atoms in total. The quantitative estimate of drug-likeness (QED) is 0.859. The molecule has 1 saturated heterocycles. The third-order valence-corrected chi connectivity index (χ3v) is 3.40. The van der Waals surface area contributed by atoms with Gasteiger partial charge < -0.3 is 20.3 Å². The molecule has 1 aliphatic heterocycles. The van der Waals surface area contributed by atoms with Gasteiger partial charge in [0.1, 0.15) is 0 Å². The highest BCUT2D eigenvalue weighted by atomic mass is 16.7. The SMILES string of the molecule is NC1(CO)COC(c2ccc3ccccc3c2)OC1. The van der Waals surface area contributed by atoms with Crippen molar-refractivity contribution in [1.82, 2.24) is 0 Å². The maximum Gasteiger partial charge on any atom is 0.184 e. The Balaban J connectivity index is 1.82. The van der Waals surface area contributed by atoms with Crippen LogP contribution >= 0.6 is 0 Å². The predicted molar refractivity (Wildman–Crippen MR) is 72.6 cm³/mol. The van der Waals surface area contributed by atoms with E-state index in [1.807, 2.05) is 24.3 Å². The highest BCUT2D eigenvalue weighted by molar-refractivity contribution is 5.83. The number of rotatable bonds is 2. The van der Waals surface area contributed by atoms with Gasteiger partial charge in [0.15, 0.2) is 6.29 Å². The van der Waals surface area contributed by atoms with Crippen molar-refractivity contribution in [2.45, 2.75) is 11.8 Å². The smallest absolute Gasteiger partial charge is 0.184 e. The average Bonchev–Trinajstić information content (AvgIpc) is 2.47. The van der Waals surface area contributed by atoms with Crippen molar-refractivity contribution in [3.63, 3.8) is 0 Å². The van der Waals surface area contributed by atoms with Crippen LogP contribution in [-0.2, 0) is 9.47 Å². The number of hydrogen-bond donors (Lipinski definition) is 2. The van der Waals surface area contributed by atoms with Crippen LogP contribution in [0.1, 0.15) is 11.9 Å². The predicted octanol–water partition coefficient (Wildman–Crippen LogP) is 1.58. The van der Waals surface area contributed by atoms with Crippen molar-refractivity contribution < 1.29 is 14.6 Å². The Morgan fingerprint density at radius 1 is 1.11 bits per heavy atom. The monoisotopic (exact) mass is 259 g/mol. The Bertz CT molecular complexity index is 576. The van der Waals surface area contributed by atoms with Gasteiger partial charge in [-0.15, -0.1) is 0 Å². The average molecular weight is 259 g/mol. The van der Waals surface area contributed by atoms with Gasteiger partial charge in [-0.05, 0) is 16.8 Å². The van der Waals surface area contributed by atoms with Crippen molar-refractivity contribution in [3.05, 3.63) is 48.0 Å². The molecule has 1 fully saturated rings. The van der Waals surface area contributed by atoms with Crippen molar-refractivity contribution in [2.24, 2.45) is 5.73 Å². The minimum absolute atomic E-state index is 0.141. The van der Waals surface area contributed by atoms with E-state index in [2.05, 4.69) is 18.2 Å². The molecule has 0 radical (unpaired) electrons. The number of ether oxygens (including phenoxy) is 2. The summed E-state index contributed by atoms with van der Waals surface area (Å²) in [6, 6.07) is 14.2. The molecule has 0 aromatic heterocycles. The van der Waals surface area contributed by atoms with E-state index in [1.54, 1.807) is 0 Å². The topological polar surface area (TPSA) is 64.7 Å². The molecule has 19 heavy (non-hydrogen) atoms. The Kier molecular flexibility index (Phi) is 3.24. The molecule has 0 saturated carbocycles. The van der Waals surface area contributed by atoms with Crippen LogP contribution in [-0.4, -0.2) is 30.5 Å². The molecule has 0 unspecified atom stereocenters. The maximum absolute atomic E-state index is 9.16. The molecule has 2 aromatic carbocycles. The van der Waals surface area contributed by atoms with Crippen LogP contribution in [0.4, 0.5) is 0 Å². The standard InChI is InChI=1S/C15H17NO3/c16-15(8-17)9-18-14(19-10-15)13-6-5-11-3-1-2-4-12(11)7-13/h1-7,14,17H,8-10,16H2. The van der Waals surface area contributed by atoms with Crippen LogP contribution in [0.3, 0.4) is 0 Å². The summed E-state index contributed by atoms with van der Waals surface area (Å²) in [5.74, 6) is 0. The maximum atomic E-state index is 9.16. The zero-order valence-corrected chi connectivity index (χ0v) is 10.6. The number of benzene rings is 2. The van der Waals surface area contributed by atoms with E-state index in [4.69, 9.17) is 20.3 Å². The van der Waals surface area contributed by atoms with Gasteiger partial charge in [0.2, 0.25) is 0 Å². The van der Waals surface area contributed by atoms with Crippen LogP contribution in [0.25, 0.3) is 10.8 Å². The second-order valence-electron chi connectivity index (χ2n) is 5.08. The van der Waals surface area contributed by atoms with Crippen molar-refractivity contribution in [2.75, 3.05) is 19.8 Å². The zero-order chi connectivity index (χ0) is 13.3. The Morgan fingerprint density at radius 3 is 2.47 bits per heavy atom. The molecule has 100 valence electrons. The lowest BCUT2D eigenvalue weighted by atomic mass is 10.0. The number of fused-ring (bicyclic) bond motifs is 1. The molecule has 3 N–H and O–H groups in total. The highest BCUT2D eigenvalue weighted by Crippen LogP contribution is 2.28. The molecule has 0 aliphatic carbocycles. The summed E-state index contributed by atoms with van der Waals surface area (Å²) in [7, 11) is 0. The molecular formula is C15H17NO3. The fraction of sp³-hybridized carbons (Fsp3) is 0.333. The number of aliphatic hydroxyl groups excluding tert-OH is 1. The summed E-state index contributed by atoms with van der Waals surface area (Å²) in [6.07, 6.45) is -0.409. The Labute approximate surface area is 111 Å². The van der Waals surface area contributed by atoms with E-state index in [1.165, 1.54) is 5.39 Å². The van der Waals surface area contributed by atoms with Gasteiger partial charge in [0, 0.05) is 5.56 Å². The van der Waals surface area contributed by atoms with E-state index in [0.29, 0.717) is 13.2 Å². The van der Waals surface area contributed by atoms with Gasteiger partial charge in [-0.25, -0.2) is 0 Å². The first-order valence-corrected chi connectivity index (χ1v) is 6.32. The van der Waals surface area contributed by atoms with E-state index in [0.717, 1.165) is 10.9 Å². The molecule has 0 bridgehead atoms. The minimum Gasteiger partial charge on any atom is -0.394 e. The lowest BCUT2D eigenvalue weighted by Gasteiger charge is -2.35. The van der Waals surface area contributed by atoms with Gasteiger partial charge in [0.25, 0.3) is 0 Å². The van der Waals surface area contributed by atoms with Crippen molar-refractivity contribution in [1.29, 1.82) is 0 Å². The third-order valence-electron chi connectivity index (χ3n) is 3.40. The van der Waals surface area contributed by atoms with E-state index < -0.39 is 11.8 Å². The van der Waals surface area contributed by atoms with Gasteiger partial charge in [-0.3, -0.25) is 0 Å². The molecular weight excluding hydrogens is 242 g/mol. The number of aliphatic hydroxyl groups is 1. The molecule has 0 amide bonds. The molecule has 4 heteroatoms. The summed E-state index contributed by atoms with van der Waals surface area (Å²) >= 11 is 0. The highest BCUT2D eigenvalue weighted by Gasteiger charge is 2.33. The fourth-order valence-electron chi connectivity index (χ4n) is 2.21. The summed E-state index contributed by atoms with van der Waals surface area (Å²) in [5.41, 5.74) is 6.08. The summed E-state index contributed by atoms with van der Waals surface area (Å²) in [4.78, 5) is 0. The van der Waals surface area contributed by atoms with Crippen molar-refractivity contribution in [3.8, 4) is 0 Å². The summed E-state index contributed by atoms with van der Waals surface area (Å²) in [5, 5.41) is 11.5. The normalized spacial score (nSPS) is 27.6. The number of hydrogen-bond acceptors (Lipinski definition) is 4. The molecule has 3 rings (SSSR count). The van der Waals surface area contributed by atoms with E-state index >= 15 is 0 Å². The zero-order valence-electron chi connectivity index (χ0n) is 10.6. The summed E-state index contributed by atoms with van der Waals surface area (Å²) in [6.45, 7) is 0.444. The first-order chi connectivity index (χ1) is 9.20. The van der Waals surface area contributed by atoms with Gasteiger partial charge >= 0.3 is 0 Å². The van der Waals surface area contributed by atoms with Crippen LogP contribution in [0.15, 0.2) is 42.5 Å². The summed E-state index contributed by atoms with van der Waals surface area (Å²) < 4.78 is 11.2. The second kappa shape index (κ2) is 4.90. The molecule has 1 heterocycles. The Hall–Kier alpha value is -1.46. The van der Waals surface area contributed by atoms with Crippen LogP contribution < -0.4 is 5.73 Å². The third kappa shape index (κ3) is 2.48. The molecule has 0 spiro atoms. The number of nitrogens with two attached hydrogens (primary N) is 1. The molecule has 0 atom stereocenters. The van der Waals surface area contributed by atoms with Gasteiger partial charge in [-0.1, -0.05) is 36.4 Å². The van der Waals surface area contributed by atoms with Crippen LogP contribution in [0.2, 0.25) is 0 Å². The first kappa shape index (κ1) is 12.6. The van der Waals surface area contributed by atoms with E-state index in [9.17, 15) is 0 Å². The van der Waals surface area contributed by atoms with E-state index in [-0.39, 0.29) is 6.61 Å². The lowest BCUT2D eigenvalue weighted by molar-refractivity contribution is -0.216. The molecule has 2 aromatic rings. The lowest BCUT2D eigenvalue weighted by Crippen LogP contribution is -2.55. The van der Waals surface area contributed by atoms with Gasteiger partial charge in [0.05, 0.1) is 25.4 Å². The second-order valence-corrected chi connectivity index (χ2v) is 5.08. The van der Waals surface area contributed by atoms with Gasteiger partial charge in [-0.2, -0.15) is 0 Å². The van der Waals surface area contributed by atoms with Crippen LogP contribution in [0, 0.1) is 0 Å². The fourth-order valence-corrected chi connectivity index (χ4v) is 2.21. The largest absolute Gasteiger partial charge is 0.394 e.